The number of carbonyl (C=O) groups excluding carboxylic acids is 1. The van der Waals surface area contributed by atoms with Gasteiger partial charge < -0.3 is 0 Å². The van der Waals surface area contributed by atoms with Crippen LogP contribution in [0.2, 0.25) is 0 Å². The standard InChI is InChI=1S/C6H4BrFOS/c1-3(9)5-2-4(7)6(8)10-5/h2H,1H3. The van der Waals surface area contributed by atoms with Crippen LogP contribution in [-0.2, 0) is 0 Å². The molecule has 0 amide bonds. The summed E-state index contributed by atoms with van der Waals surface area (Å²) in [7, 11) is 0. The quantitative estimate of drug-likeness (QED) is 0.669. The van der Waals surface area contributed by atoms with Gasteiger partial charge in [-0.15, -0.1) is 11.3 Å². The molecule has 0 aliphatic carbocycles. The molecule has 0 aromatic carbocycles. The van der Waals surface area contributed by atoms with E-state index in [1.54, 1.807) is 0 Å². The van der Waals surface area contributed by atoms with Crippen LogP contribution >= 0.6 is 27.3 Å². The van der Waals surface area contributed by atoms with Crippen LogP contribution in [0.4, 0.5) is 4.39 Å². The SMILES string of the molecule is CC(=O)c1cc(Br)c(F)s1. The van der Waals surface area contributed by atoms with Crippen LogP contribution in [0.3, 0.4) is 0 Å². The Morgan fingerprint density at radius 1 is 1.80 bits per heavy atom. The molecule has 4 heteroatoms. The number of rotatable bonds is 1. The van der Waals surface area contributed by atoms with Crippen LogP contribution in [0, 0.1) is 5.13 Å². The van der Waals surface area contributed by atoms with Crippen molar-refractivity contribution in [3.05, 3.63) is 20.5 Å². The van der Waals surface area contributed by atoms with Gasteiger partial charge in [0.15, 0.2) is 10.9 Å². The number of ketones is 1. The number of carbonyl (C=O) groups is 1. The van der Waals surface area contributed by atoms with Crippen LogP contribution in [0.5, 0.6) is 0 Å². The Labute approximate surface area is 70.0 Å². The molecule has 0 bridgehead atoms. The van der Waals surface area contributed by atoms with Crippen LogP contribution < -0.4 is 0 Å². The van der Waals surface area contributed by atoms with Crippen molar-refractivity contribution < 1.29 is 9.18 Å². The van der Waals surface area contributed by atoms with Crippen molar-refractivity contribution in [3.63, 3.8) is 0 Å². The van der Waals surface area contributed by atoms with E-state index in [1.807, 2.05) is 0 Å². The van der Waals surface area contributed by atoms with E-state index in [2.05, 4.69) is 15.9 Å². The second kappa shape index (κ2) is 2.80. The Balaban J connectivity index is 3.10. The molecule has 0 atom stereocenters. The van der Waals surface area contributed by atoms with Gasteiger partial charge in [0.2, 0.25) is 0 Å². The molecule has 10 heavy (non-hydrogen) atoms. The van der Waals surface area contributed by atoms with Crippen molar-refractivity contribution in [3.8, 4) is 0 Å². The van der Waals surface area contributed by atoms with Gasteiger partial charge in [0.05, 0.1) is 9.35 Å². The van der Waals surface area contributed by atoms with Gasteiger partial charge in [0, 0.05) is 0 Å². The molecule has 1 aromatic rings. The number of hydrogen-bond donors (Lipinski definition) is 0. The Morgan fingerprint density at radius 3 is 2.60 bits per heavy atom. The third-order valence-electron chi connectivity index (χ3n) is 0.992. The van der Waals surface area contributed by atoms with Gasteiger partial charge in [-0.25, -0.2) is 0 Å². The summed E-state index contributed by atoms with van der Waals surface area (Å²) in [6.07, 6.45) is 0. The molecule has 1 rings (SSSR count). The predicted molar refractivity (Wildman–Crippen MR) is 42.0 cm³/mol. The van der Waals surface area contributed by atoms with Crippen molar-refractivity contribution >= 4 is 33.0 Å². The molecule has 0 saturated carbocycles. The Morgan fingerprint density at radius 2 is 2.40 bits per heavy atom. The maximum Gasteiger partial charge on any atom is 0.191 e. The molecule has 1 heterocycles. The zero-order chi connectivity index (χ0) is 7.72. The lowest BCUT2D eigenvalue weighted by atomic mass is 10.4. The van der Waals surface area contributed by atoms with Crippen molar-refractivity contribution in [2.45, 2.75) is 6.92 Å². The summed E-state index contributed by atoms with van der Waals surface area (Å²) in [6.45, 7) is 1.41. The molecule has 0 saturated heterocycles. The van der Waals surface area contributed by atoms with Crippen molar-refractivity contribution in [2.75, 3.05) is 0 Å². The summed E-state index contributed by atoms with van der Waals surface area (Å²) >= 11 is 3.83. The lowest BCUT2D eigenvalue weighted by Crippen LogP contribution is -1.83. The third kappa shape index (κ3) is 1.44. The number of halogens is 2. The summed E-state index contributed by atoms with van der Waals surface area (Å²) in [5, 5.41) is -0.342. The summed E-state index contributed by atoms with van der Waals surface area (Å²) in [5.41, 5.74) is 0. The molecule has 0 radical (unpaired) electrons. The highest BCUT2D eigenvalue weighted by Crippen LogP contribution is 2.25. The lowest BCUT2D eigenvalue weighted by molar-refractivity contribution is 0.102. The molecule has 1 aromatic heterocycles. The van der Waals surface area contributed by atoms with E-state index in [-0.39, 0.29) is 10.9 Å². The van der Waals surface area contributed by atoms with E-state index in [0.29, 0.717) is 9.35 Å². The minimum absolute atomic E-state index is 0.102. The molecule has 0 aliphatic heterocycles. The molecular formula is C6H4BrFOS. The fraction of sp³-hybridized carbons (Fsp3) is 0.167. The average Bonchev–Trinajstić information content (AvgIpc) is 2.13. The van der Waals surface area contributed by atoms with Gasteiger partial charge in [-0.3, -0.25) is 4.79 Å². The number of thiophene rings is 1. The summed E-state index contributed by atoms with van der Waals surface area (Å²) < 4.78 is 12.9. The first-order valence-corrected chi connectivity index (χ1v) is 4.18. The highest BCUT2D eigenvalue weighted by Gasteiger charge is 2.08. The predicted octanol–water partition coefficient (Wildman–Crippen LogP) is 2.85. The minimum atomic E-state index is -0.342. The smallest absolute Gasteiger partial charge is 0.191 e. The van der Waals surface area contributed by atoms with E-state index in [0.717, 1.165) is 11.3 Å². The van der Waals surface area contributed by atoms with Gasteiger partial charge >= 0.3 is 0 Å². The fourth-order valence-corrected chi connectivity index (χ4v) is 1.81. The molecule has 1 nitrogen and oxygen atoms in total. The van der Waals surface area contributed by atoms with Gasteiger partial charge in [0.25, 0.3) is 0 Å². The maximum absolute atomic E-state index is 12.5. The van der Waals surface area contributed by atoms with E-state index in [1.165, 1.54) is 13.0 Å². The van der Waals surface area contributed by atoms with Crippen LogP contribution in [0.1, 0.15) is 16.6 Å². The topological polar surface area (TPSA) is 17.1 Å². The first-order chi connectivity index (χ1) is 4.61. The van der Waals surface area contributed by atoms with Crippen molar-refractivity contribution in [1.82, 2.24) is 0 Å². The van der Waals surface area contributed by atoms with Crippen molar-refractivity contribution in [2.24, 2.45) is 0 Å². The average molecular weight is 223 g/mol. The number of hydrogen-bond acceptors (Lipinski definition) is 2. The van der Waals surface area contributed by atoms with Gasteiger partial charge in [-0.05, 0) is 28.9 Å². The molecule has 54 valence electrons. The molecule has 0 spiro atoms. The van der Waals surface area contributed by atoms with E-state index < -0.39 is 0 Å². The summed E-state index contributed by atoms with van der Waals surface area (Å²) in [4.78, 5) is 11.1. The molecule has 0 unspecified atom stereocenters. The number of Topliss-reactive ketones (excluding diaryl/α,β-unsaturated/α-hetero) is 1. The molecule has 0 aliphatic rings. The normalized spacial score (nSPS) is 9.90. The Bertz CT molecular complexity index is 249. The first kappa shape index (κ1) is 7.88. The Kier molecular flexibility index (Phi) is 2.21. The molecule has 0 fully saturated rings. The van der Waals surface area contributed by atoms with Crippen LogP contribution in [-0.4, -0.2) is 5.78 Å². The minimum Gasteiger partial charge on any atom is -0.294 e. The monoisotopic (exact) mass is 222 g/mol. The fourth-order valence-electron chi connectivity index (χ4n) is 0.520. The first-order valence-electron chi connectivity index (χ1n) is 2.57. The zero-order valence-electron chi connectivity index (χ0n) is 5.15. The summed E-state index contributed by atoms with van der Waals surface area (Å²) in [6, 6.07) is 1.49. The lowest BCUT2D eigenvalue weighted by Gasteiger charge is -1.79. The Hall–Kier alpha value is -0.220. The third-order valence-corrected chi connectivity index (χ3v) is 2.86. The molecule has 0 N–H and O–H groups in total. The van der Waals surface area contributed by atoms with Gasteiger partial charge in [-0.2, -0.15) is 4.39 Å². The van der Waals surface area contributed by atoms with Gasteiger partial charge in [0.1, 0.15) is 0 Å². The van der Waals surface area contributed by atoms with Gasteiger partial charge in [-0.1, -0.05) is 0 Å². The second-order valence-corrected chi connectivity index (χ2v) is 3.65. The van der Waals surface area contributed by atoms with Crippen LogP contribution in [0.15, 0.2) is 10.5 Å². The highest BCUT2D eigenvalue weighted by atomic mass is 79.9. The molecular weight excluding hydrogens is 219 g/mol. The highest BCUT2D eigenvalue weighted by molar-refractivity contribution is 9.10. The largest absolute Gasteiger partial charge is 0.294 e. The van der Waals surface area contributed by atoms with E-state index >= 15 is 0 Å². The zero-order valence-corrected chi connectivity index (χ0v) is 7.55. The van der Waals surface area contributed by atoms with Crippen LogP contribution in [0.25, 0.3) is 0 Å². The summed E-state index contributed by atoms with van der Waals surface area (Å²) in [5.74, 6) is -0.102. The van der Waals surface area contributed by atoms with E-state index in [9.17, 15) is 9.18 Å². The van der Waals surface area contributed by atoms with Crippen molar-refractivity contribution in [1.29, 1.82) is 0 Å². The maximum atomic E-state index is 12.5. The second-order valence-electron chi connectivity index (χ2n) is 1.79. The van der Waals surface area contributed by atoms with E-state index in [4.69, 9.17) is 0 Å².